The van der Waals surface area contributed by atoms with Crippen molar-refractivity contribution in [2.75, 3.05) is 6.54 Å². The van der Waals surface area contributed by atoms with Gasteiger partial charge in [-0.2, -0.15) is 0 Å². The van der Waals surface area contributed by atoms with Crippen LogP contribution in [-0.2, 0) is 5.41 Å². The second-order valence-electron chi connectivity index (χ2n) is 8.12. The summed E-state index contributed by atoms with van der Waals surface area (Å²) in [6, 6.07) is 4.21. The van der Waals surface area contributed by atoms with Gasteiger partial charge in [0.1, 0.15) is 5.75 Å². The fourth-order valence-electron chi connectivity index (χ4n) is 4.83. The Morgan fingerprint density at radius 1 is 1.27 bits per heavy atom. The molecule has 3 rings (SSSR count). The van der Waals surface area contributed by atoms with Crippen molar-refractivity contribution in [3.8, 4) is 5.75 Å². The van der Waals surface area contributed by atoms with Gasteiger partial charge in [-0.1, -0.05) is 46.3 Å². The number of hydrogen-bond donors (Lipinski definition) is 2. The smallest absolute Gasteiger partial charge is 0.119 e. The van der Waals surface area contributed by atoms with E-state index in [1.807, 2.05) is 6.07 Å². The third kappa shape index (κ3) is 2.11. The lowest BCUT2D eigenvalue weighted by Crippen LogP contribution is -2.50. The highest BCUT2D eigenvalue weighted by atomic mass is 16.3. The van der Waals surface area contributed by atoms with Crippen LogP contribution in [-0.4, -0.2) is 11.7 Å². The van der Waals surface area contributed by atoms with Crippen LogP contribution in [0.5, 0.6) is 5.75 Å². The summed E-state index contributed by atoms with van der Waals surface area (Å²) in [7, 11) is 0. The first-order valence-electron chi connectivity index (χ1n) is 8.57. The number of hydrogen-bond acceptors (Lipinski definition) is 2. The van der Waals surface area contributed by atoms with Gasteiger partial charge in [-0.15, -0.1) is 0 Å². The number of fused-ring (bicyclic) bond motifs is 3. The standard InChI is InChI=1S/C20H29NO/c1-13(2)15-10-14-6-7-18-19(3,12-21)8-5-9-20(18,4)16(14)11-17(15)22/h6-7,10-11,13,18,22H,5,8-9,12,21H2,1-4H3. The zero-order valence-corrected chi connectivity index (χ0v) is 14.3. The van der Waals surface area contributed by atoms with Crippen molar-refractivity contribution in [2.24, 2.45) is 17.1 Å². The van der Waals surface area contributed by atoms with Crippen LogP contribution >= 0.6 is 0 Å². The summed E-state index contributed by atoms with van der Waals surface area (Å²) in [5.74, 6) is 1.24. The van der Waals surface area contributed by atoms with Crippen LogP contribution < -0.4 is 5.73 Å². The van der Waals surface area contributed by atoms with Crippen molar-refractivity contribution in [1.82, 2.24) is 0 Å². The minimum Gasteiger partial charge on any atom is -0.508 e. The van der Waals surface area contributed by atoms with Crippen molar-refractivity contribution in [3.63, 3.8) is 0 Å². The first-order chi connectivity index (χ1) is 10.3. The zero-order chi connectivity index (χ0) is 16.1. The molecule has 0 radical (unpaired) electrons. The van der Waals surface area contributed by atoms with E-state index < -0.39 is 0 Å². The summed E-state index contributed by atoms with van der Waals surface area (Å²) >= 11 is 0. The van der Waals surface area contributed by atoms with Crippen LogP contribution in [0, 0.1) is 11.3 Å². The van der Waals surface area contributed by atoms with Crippen molar-refractivity contribution < 1.29 is 5.11 Å². The molecule has 0 aliphatic heterocycles. The van der Waals surface area contributed by atoms with Gasteiger partial charge < -0.3 is 10.8 Å². The highest BCUT2D eigenvalue weighted by molar-refractivity contribution is 5.64. The van der Waals surface area contributed by atoms with Crippen LogP contribution in [0.15, 0.2) is 18.2 Å². The number of allylic oxidation sites excluding steroid dienone is 1. The maximum atomic E-state index is 10.5. The molecule has 0 saturated heterocycles. The number of benzene rings is 1. The molecule has 3 unspecified atom stereocenters. The molecule has 1 aromatic carbocycles. The predicted octanol–water partition coefficient (Wildman–Crippen LogP) is 4.57. The summed E-state index contributed by atoms with van der Waals surface area (Å²) in [5.41, 5.74) is 10.0. The van der Waals surface area contributed by atoms with Gasteiger partial charge in [-0.25, -0.2) is 0 Å². The quantitative estimate of drug-likeness (QED) is 0.840. The molecule has 2 nitrogen and oxygen atoms in total. The van der Waals surface area contributed by atoms with Crippen molar-refractivity contribution in [2.45, 2.75) is 58.3 Å². The highest BCUT2D eigenvalue weighted by Gasteiger charge is 2.49. The molecule has 1 saturated carbocycles. The first-order valence-corrected chi connectivity index (χ1v) is 8.57. The van der Waals surface area contributed by atoms with Gasteiger partial charge in [0.25, 0.3) is 0 Å². The van der Waals surface area contributed by atoms with Crippen LogP contribution in [0.2, 0.25) is 0 Å². The molecular weight excluding hydrogens is 270 g/mol. The number of nitrogens with two attached hydrogens (primary N) is 1. The molecule has 3 N–H and O–H groups in total. The van der Waals surface area contributed by atoms with E-state index in [4.69, 9.17) is 5.73 Å². The molecule has 2 aliphatic carbocycles. The summed E-state index contributed by atoms with van der Waals surface area (Å²) in [5, 5.41) is 10.5. The number of phenols is 1. The second-order valence-corrected chi connectivity index (χ2v) is 8.12. The van der Waals surface area contributed by atoms with Gasteiger partial charge in [-0.05, 0) is 65.5 Å². The number of aromatic hydroxyl groups is 1. The van der Waals surface area contributed by atoms with E-state index in [2.05, 4.69) is 45.9 Å². The Labute approximate surface area is 134 Å². The van der Waals surface area contributed by atoms with Crippen LogP contribution in [0.25, 0.3) is 6.08 Å². The van der Waals surface area contributed by atoms with Crippen LogP contribution in [0.1, 0.15) is 69.6 Å². The lowest BCUT2D eigenvalue weighted by molar-refractivity contribution is 0.0810. The van der Waals surface area contributed by atoms with Crippen molar-refractivity contribution in [1.29, 1.82) is 0 Å². The average Bonchev–Trinajstić information content (AvgIpc) is 2.47. The Morgan fingerprint density at radius 3 is 2.64 bits per heavy atom. The molecule has 1 fully saturated rings. The van der Waals surface area contributed by atoms with Gasteiger partial charge in [0, 0.05) is 5.41 Å². The topological polar surface area (TPSA) is 46.2 Å². The summed E-state index contributed by atoms with van der Waals surface area (Å²) < 4.78 is 0. The molecule has 1 aromatic rings. The van der Waals surface area contributed by atoms with Crippen LogP contribution in [0.3, 0.4) is 0 Å². The van der Waals surface area contributed by atoms with E-state index in [9.17, 15) is 5.11 Å². The van der Waals surface area contributed by atoms with Gasteiger partial charge >= 0.3 is 0 Å². The molecule has 3 atom stereocenters. The molecular formula is C20H29NO. The minimum atomic E-state index is 0.0867. The van der Waals surface area contributed by atoms with E-state index >= 15 is 0 Å². The van der Waals surface area contributed by atoms with Gasteiger partial charge in [-0.3, -0.25) is 0 Å². The van der Waals surface area contributed by atoms with Crippen molar-refractivity contribution >= 4 is 6.08 Å². The first kappa shape index (κ1) is 15.6. The summed E-state index contributed by atoms with van der Waals surface area (Å²) in [4.78, 5) is 0. The lowest BCUT2D eigenvalue weighted by atomic mass is 9.51. The fourth-order valence-corrected chi connectivity index (χ4v) is 4.83. The Kier molecular flexibility index (Phi) is 3.64. The largest absolute Gasteiger partial charge is 0.508 e. The molecule has 0 aromatic heterocycles. The maximum absolute atomic E-state index is 10.5. The number of rotatable bonds is 2. The Hall–Kier alpha value is -1.28. The number of phenolic OH excluding ortho intramolecular Hbond substituents is 1. The Balaban J connectivity index is 2.15. The molecule has 0 spiro atoms. The third-order valence-corrected chi connectivity index (χ3v) is 6.25. The second kappa shape index (κ2) is 5.13. The van der Waals surface area contributed by atoms with E-state index in [0.717, 1.165) is 12.1 Å². The molecule has 0 amide bonds. The Morgan fingerprint density at radius 2 is 2.00 bits per heavy atom. The monoisotopic (exact) mass is 299 g/mol. The van der Waals surface area contributed by atoms with E-state index in [1.54, 1.807) is 0 Å². The highest BCUT2D eigenvalue weighted by Crippen LogP contribution is 2.56. The normalized spacial score (nSPS) is 33.6. The SMILES string of the molecule is CC(C)c1cc2c(cc1O)C1(C)CCCC(C)(CN)C1C=C2. The average molecular weight is 299 g/mol. The fraction of sp³-hybridized carbons (Fsp3) is 0.600. The minimum absolute atomic E-state index is 0.0867. The maximum Gasteiger partial charge on any atom is 0.119 e. The van der Waals surface area contributed by atoms with Gasteiger partial charge in [0.15, 0.2) is 0 Å². The van der Waals surface area contributed by atoms with Crippen molar-refractivity contribution in [3.05, 3.63) is 34.9 Å². The molecule has 2 heteroatoms. The van der Waals surface area contributed by atoms with Crippen LogP contribution in [0.4, 0.5) is 0 Å². The molecule has 22 heavy (non-hydrogen) atoms. The molecule has 0 heterocycles. The van der Waals surface area contributed by atoms with E-state index in [-0.39, 0.29) is 10.8 Å². The molecule has 120 valence electrons. The summed E-state index contributed by atoms with van der Waals surface area (Å²) in [6.45, 7) is 9.67. The van der Waals surface area contributed by atoms with Gasteiger partial charge in [0.2, 0.25) is 0 Å². The Bertz CT molecular complexity index is 618. The van der Waals surface area contributed by atoms with E-state index in [1.165, 1.54) is 30.4 Å². The molecule has 2 aliphatic rings. The lowest BCUT2D eigenvalue weighted by Gasteiger charge is -2.53. The zero-order valence-electron chi connectivity index (χ0n) is 14.3. The third-order valence-electron chi connectivity index (χ3n) is 6.25. The summed E-state index contributed by atoms with van der Waals surface area (Å²) in [6.07, 6.45) is 8.22. The predicted molar refractivity (Wildman–Crippen MR) is 93.1 cm³/mol. The van der Waals surface area contributed by atoms with Gasteiger partial charge in [0.05, 0.1) is 0 Å². The molecule has 0 bridgehead atoms. The van der Waals surface area contributed by atoms with E-state index in [0.29, 0.717) is 17.6 Å².